The fourth-order valence-electron chi connectivity index (χ4n) is 2.77. The van der Waals surface area contributed by atoms with Crippen LogP contribution in [0.25, 0.3) is 0 Å². The van der Waals surface area contributed by atoms with Crippen molar-refractivity contribution in [3.8, 4) is 0 Å². The number of hydrazone groups is 1. The maximum absolute atomic E-state index is 12.2. The number of benzene rings is 2. The third-order valence-electron chi connectivity index (χ3n) is 3.88. The van der Waals surface area contributed by atoms with Gasteiger partial charge in [0.1, 0.15) is 0 Å². The predicted molar refractivity (Wildman–Crippen MR) is 84.7 cm³/mol. The summed E-state index contributed by atoms with van der Waals surface area (Å²) in [6, 6.07) is 14.0. The molecule has 0 saturated heterocycles. The standard InChI is InChI=1S/C18H18N2O/c1-12-7-9-15(13(2)11-12)18(21)20-19-17-10-8-14-5-3-4-6-16(14)17/h3-7,9,11H,8,10H2,1-2H3,(H,20,21)/b19-17-. The largest absolute Gasteiger partial charge is 0.271 e. The van der Waals surface area contributed by atoms with E-state index < -0.39 is 0 Å². The molecule has 3 nitrogen and oxygen atoms in total. The van der Waals surface area contributed by atoms with Gasteiger partial charge < -0.3 is 0 Å². The number of hydrogen-bond donors (Lipinski definition) is 1. The molecule has 2 aromatic carbocycles. The molecule has 1 N–H and O–H groups in total. The van der Waals surface area contributed by atoms with Crippen LogP contribution in [0.2, 0.25) is 0 Å². The minimum atomic E-state index is -0.149. The molecule has 0 unspecified atom stereocenters. The minimum Gasteiger partial charge on any atom is -0.267 e. The van der Waals surface area contributed by atoms with E-state index in [0.29, 0.717) is 5.56 Å². The van der Waals surface area contributed by atoms with Crippen LogP contribution in [0.3, 0.4) is 0 Å². The van der Waals surface area contributed by atoms with Crippen molar-refractivity contribution in [2.75, 3.05) is 0 Å². The van der Waals surface area contributed by atoms with E-state index in [-0.39, 0.29) is 5.91 Å². The minimum absolute atomic E-state index is 0.149. The summed E-state index contributed by atoms with van der Waals surface area (Å²) in [4.78, 5) is 12.2. The average molecular weight is 278 g/mol. The molecular formula is C18H18N2O. The SMILES string of the molecule is Cc1ccc(C(=O)N/N=C2/CCc3ccccc32)c(C)c1. The normalized spacial score (nSPS) is 15.0. The van der Waals surface area contributed by atoms with E-state index in [1.54, 1.807) is 0 Å². The monoisotopic (exact) mass is 278 g/mol. The molecule has 0 aromatic heterocycles. The van der Waals surface area contributed by atoms with Gasteiger partial charge in [0.05, 0.1) is 5.71 Å². The van der Waals surface area contributed by atoms with Crippen LogP contribution in [0.15, 0.2) is 47.6 Å². The highest BCUT2D eigenvalue weighted by molar-refractivity contribution is 6.05. The smallest absolute Gasteiger partial charge is 0.267 e. The summed E-state index contributed by atoms with van der Waals surface area (Å²) >= 11 is 0. The lowest BCUT2D eigenvalue weighted by Gasteiger charge is -2.06. The van der Waals surface area contributed by atoms with E-state index in [9.17, 15) is 4.79 Å². The van der Waals surface area contributed by atoms with Gasteiger partial charge in [0.15, 0.2) is 0 Å². The van der Waals surface area contributed by atoms with Crippen molar-refractivity contribution in [1.82, 2.24) is 5.43 Å². The van der Waals surface area contributed by atoms with Gasteiger partial charge in [-0.1, -0.05) is 42.0 Å². The first-order valence-corrected chi connectivity index (χ1v) is 7.17. The van der Waals surface area contributed by atoms with Gasteiger partial charge in [0.2, 0.25) is 0 Å². The molecular weight excluding hydrogens is 260 g/mol. The molecule has 0 atom stereocenters. The number of hydrogen-bond acceptors (Lipinski definition) is 2. The van der Waals surface area contributed by atoms with Crippen molar-refractivity contribution in [2.24, 2.45) is 5.10 Å². The highest BCUT2D eigenvalue weighted by Crippen LogP contribution is 2.21. The van der Waals surface area contributed by atoms with Crippen LogP contribution in [0, 0.1) is 13.8 Å². The number of carbonyl (C=O) groups excluding carboxylic acids is 1. The first kappa shape index (κ1) is 13.6. The summed E-state index contributed by atoms with van der Waals surface area (Å²) in [5.41, 5.74) is 8.91. The van der Waals surface area contributed by atoms with Crippen LogP contribution >= 0.6 is 0 Å². The van der Waals surface area contributed by atoms with Crippen molar-refractivity contribution in [1.29, 1.82) is 0 Å². The van der Waals surface area contributed by atoms with E-state index in [4.69, 9.17) is 0 Å². The fraction of sp³-hybridized carbons (Fsp3) is 0.222. The van der Waals surface area contributed by atoms with Gasteiger partial charge in [-0.3, -0.25) is 4.79 Å². The van der Waals surface area contributed by atoms with Gasteiger partial charge in [-0.15, -0.1) is 0 Å². The van der Waals surface area contributed by atoms with Crippen LogP contribution in [0.4, 0.5) is 0 Å². The summed E-state index contributed by atoms with van der Waals surface area (Å²) in [5, 5.41) is 4.32. The van der Waals surface area contributed by atoms with Gasteiger partial charge in [0, 0.05) is 11.1 Å². The van der Waals surface area contributed by atoms with Crippen molar-refractivity contribution in [3.05, 3.63) is 70.3 Å². The Morgan fingerprint density at radius 2 is 1.90 bits per heavy atom. The van der Waals surface area contributed by atoms with E-state index >= 15 is 0 Å². The molecule has 3 heteroatoms. The summed E-state index contributed by atoms with van der Waals surface area (Å²) in [5.74, 6) is -0.149. The number of nitrogens with zero attached hydrogens (tertiary/aromatic N) is 1. The average Bonchev–Trinajstić information content (AvgIpc) is 2.88. The van der Waals surface area contributed by atoms with E-state index in [1.165, 1.54) is 5.56 Å². The Kier molecular flexibility index (Phi) is 3.57. The zero-order valence-electron chi connectivity index (χ0n) is 12.3. The highest BCUT2D eigenvalue weighted by Gasteiger charge is 2.17. The third-order valence-corrected chi connectivity index (χ3v) is 3.88. The van der Waals surface area contributed by atoms with Gasteiger partial charge in [0.25, 0.3) is 5.91 Å². The second-order valence-corrected chi connectivity index (χ2v) is 5.47. The van der Waals surface area contributed by atoms with Crippen molar-refractivity contribution >= 4 is 11.6 Å². The van der Waals surface area contributed by atoms with Crippen LogP contribution in [-0.4, -0.2) is 11.6 Å². The molecule has 106 valence electrons. The van der Waals surface area contributed by atoms with Gasteiger partial charge in [-0.2, -0.15) is 5.10 Å². The fourth-order valence-corrected chi connectivity index (χ4v) is 2.77. The van der Waals surface area contributed by atoms with E-state index in [2.05, 4.69) is 22.7 Å². The molecule has 0 bridgehead atoms. The topological polar surface area (TPSA) is 41.5 Å². The Labute approximate surface area is 124 Å². The lowest BCUT2D eigenvalue weighted by molar-refractivity contribution is 0.0954. The van der Waals surface area contributed by atoms with Crippen LogP contribution in [-0.2, 0) is 6.42 Å². The molecule has 3 rings (SSSR count). The van der Waals surface area contributed by atoms with E-state index in [1.807, 2.05) is 44.2 Å². The Morgan fingerprint density at radius 3 is 2.71 bits per heavy atom. The first-order valence-electron chi connectivity index (χ1n) is 7.17. The Hall–Kier alpha value is -2.42. The molecule has 0 fully saturated rings. The molecule has 0 aliphatic heterocycles. The molecule has 2 aromatic rings. The summed E-state index contributed by atoms with van der Waals surface area (Å²) in [6.07, 6.45) is 1.88. The zero-order valence-corrected chi connectivity index (χ0v) is 12.3. The number of nitrogens with one attached hydrogen (secondary N) is 1. The molecule has 0 radical (unpaired) electrons. The third kappa shape index (κ3) is 2.72. The molecule has 0 heterocycles. The maximum Gasteiger partial charge on any atom is 0.271 e. The van der Waals surface area contributed by atoms with Gasteiger partial charge in [-0.05, 0) is 43.9 Å². The first-order chi connectivity index (χ1) is 10.1. The van der Waals surface area contributed by atoms with Crippen molar-refractivity contribution in [2.45, 2.75) is 26.7 Å². The molecule has 21 heavy (non-hydrogen) atoms. The second-order valence-electron chi connectivity index (χ2n) is 5.47. The van der Waals surface area contributed by atoms with Crippen molar-refractivity contribution < 1.29 is 4.79 Å². The van der Waals surface area contributed by atoms with Gasteiger partial charge >= 0.3 is 0 Å². The summed E-state index contributed by atoms with van der Waals surface area (Å²) < 4.78 is 0. The Bertz CT molecular complexity index is 732. The summed E-state index contributed by atoms with van der Waals surface area (Å²) in [6.45, 7) is 3.96. The Balaban J connectivity index is 1.79. The second kappa shape index (κ2) is 5.52. The molecule has 0 saturated carbocycles. The number of rotatable bonds is 2. The molecule has 1 amide bonds. The number of fused-ring (bicyclic) bond motifs is 1. The molecule has 1 aliphatic rings. The predicted octanol–water partition coefficient (Wildman–Crippen LogP) is 3.38. The number of amides is 1. The number of carbonyl (C=O) groups is 1. The molecule has 0 spiro atoms. The Morgan fingerprint density at radius 1 is 1.10 bits per heavy atom. The lowest BCUT2D eigenvalue weighted by Crippen LogP contribution is -2.20. The molecule has 1 aliphatic carbocycles. The maximum atomic E-state index is 12.2. The van der Waals surface area contributed by atoms with Crippen molar-refractivity contribution in [3.63, 3.8) is 0 Å². The number of aryl methyl sites for hydroxylation is 3. The highest BCUT2D eigenvalue weighted by atomic mass is 16.2. The zero-order chi connectivity index (χ0) is 14.8. The van der Waals surface area contributed by atoms with Gasteiger partial charge in [-0.25, -0.2) is 5.43 Å². The van der Waals surface area contributed by atoms with Crippen LogP contribution in [0.1, 0.15) is 39.0 Å². The lowest BCUT2D eigenvalue weighted by atomic mass is 10.1. The van der Waals surface area contributed by atoms with E-state index in [0.717, 1.165) is 35.2 Å². The van der Waals surface area contributed by atoms with Crippen LogP contribution < -0.4 is 5.43 Å². The quantitative estimate of drug-likeness (QED) is 0.841. The summed E-state index contributed by atoms with van der Waals surface area (Å²) in [7, 11) is 0. The van der Waals surface area contributed by atoms with Crippen LogP contribution in [0.5, 0.6) is 0 Å².